The van der Waals surface area contributed by atoms with E-state index in [4.69, 9.17) is 11.6 Å². The third-order valence-electron chi connectivity index (χ3n) is 1.92. The zero-order valence-corrected chi connectivity index (χ0v) is 9.95. The molecule has 1 rings (SSSR count). The Balaban J connectivity index is 3.46. The number of rotatable bonds is 4. The number of hydrogen-bond acceptors (Lipinski definition) is 5. The molecule has 0 aliphatic heterocycles. The first kappa shape index (κ1) is 12.9. The van der Waals surface area contributed by atoms with Crippen molar-refractivity contribution in [1.29, 1.82) is 0 Å². The van der Waals surface area contributed by atoms with Crippen molar-refractivity contribution < 1.29 is 13.3 Å². The number of aryl methyl sites for hydroxylation is 1. The van der Waals surface area contributed by atoms with Crippen LogP contribution in [-0.2, 0) is 9.84 Å². The molecule has 0 atom stereocenters. The maximum Gasteiger partial charge on any atom is 0.309 e. The fourth-order valence-electron chi connectivity index (χ4n) is 1.17. The van der Waals surface area contributed by atoms with Gasteiger partial charge in [0.05, 0.1) is 10.7 Å². The first-order valence-electron chi connectivity index (χ1n) is 4.29. The second-order valence-electron chi connectivity index (χ2n) is 3.05. The van der Waals surface area contributed by atoms with Gasteiger partial charge in [0.25, 0.3) is 0 Å². The van der Waals surface area contributed by atoms with E-state index in [9.17, 15) is 18.5 Å². The molecule has 6 nitrogen and oxygen atoms in total. The monoisotopic (exact) mass is 264 g/mol. The van der Waals surface area contributed by atoms with Crippen LogP contribution in [0.5, 0.6) is 0 Å². The van der Waals surface area contributed by atoms with Crippen molar-refractivity contribution in [2.75, 3.05) is 11.6 Å². The molecule has 0 amide bonds. The van der Waals surface area contributed by atoms with Gasteiger partial charge in [-0.05, 0) is 13.0 Å². The van der Waals surface area contributed by atoms with Crippen LogP contribution in [0.4, 0.5) is 5.69 Å². The molecule has 8 heteroatoms. The van der Waals surface area contributed by atoms with Gasteiger partial charge in [-0.25, -0.2) is 13.4 Å². The zero-order valence-electron chi connectivity index (χ0n) is 8.38. The second-order valence-corrected chi connectivity index (χ2v) is 5.45. The fraction of sp³-hybridized carbons (Fsp3) is 0.375. The summed E-state index contributed by atoms with van der Waals surface area (Å²) in [5.74, 6) is -0.499. The van der Waals surface area contributed by atoms with Crippen molar-refractivity contribution in [2.45, 2.75) is 11.9 Å². The predicted molar refractivity (Wildman–Crippen MR) is 58.4 cm³/mol. The topological polar surface area (TPSA) is 90.2 Å². The molecule has 0 saturated carbocycles. The van der Waals surface area contributed by atoms with Crippen molar-refractivity contribution in [3.8, 4) is 0 Å². The number of nitro groups is 1. The Bertz CT molecular complexity index is 515. The minimum atomic E-state index is -3.79. The molecule has 0 fully saturated rings. The summed E-state index contributed by atoms with van der Waals surface area (Å²) in [6.07, 6.45) is 1.23. The van der Waals surface area contributed by atoms with Crippen LogP contribution in [0, 0.1) is 17.0 Å². The van der Waals surface area contributed by atoms with Gasteiger partial charge in [0.2, 0.25) is 14.9 Å². The SMILES string of the molecule is Cc1ccnc(S(=O)(=O)CCCl)c1[N+](=O)[O-]. The molecule has 0 N–H and O–H groups in total. The average Bonchev–Trinajstić information content (AvgIpc) is 2.16. The molecule has 0 spiro atoms. The summed E-state index contributed by atoms with van der Waals surface area (Å²) in [7, 11) is -3.79. The van der Waals surface area contributed by atoms with Gasteiger partial charge in [0, 0.05) is 17.6 Å². The number of halogens is 1. The van der Waals surface area contributed by atoms with Gasteiger partial charge in [0.1, 0.15) is 0 Å². The van der Waals surface area contributed by atoms with E-state index in [0.29, 0.717) is 0 Å². The van der Waals surface area contributed by atoms with Crippen molar-refractivity contribution in [3.05, 3.63) is 27.9 Å². The minimum Gasteiger partial charge on any atom is -0.258 e. The second kappa shape index (κ2) is 4.75. The highest BCUT2D eigenvalue weighted by atomic mass is 35.5. The summed E-state index contributed by atoms with van der Waals surface area (Å²) in [4.78, 5) is 13.6. The highest BCUT2D eigenvalue weighted by Crippen LogP contribution is 2.25. The highest BCUT2D eigenvalue weighted by Gasteiger charge is 2.28. The number of aromatic nitrogens is 1. The van der Waals surface area contributed by atoms with E-state index in [-0.39, 0.29) is 17.2 Å². The maximum atomic E-state index is 11.7. The van der Waals surface area contributed by atoms with E-state index in [0.717, 1.165) is 0 Å². The van der Waals surface area contributed by atoms with Crippen LogP contribution in [0.25, 0.3) is 0 Å². The lowest BCUT2D eigenvalue weighted by Crippen LogP contribution is -2.13. The molecule has 0 aliphatic carbocycles. The number of pyridine rings is 1. The first-order valence-corrected chi connectivity index (χ1v) is 6.47. The molecule has 88 valence electrons. The van der Waals surface area contributed by atoms with Gasteiger partial charge in [-0.2, -0.15) is 0 Å². The molecule has 1 aromatic rings. The third kappa shape index (κ3) is 2.48. The largest absolute Gasteiger partial charge is 0.309 e. The molecule has 0 unspecified atom stereocenters. The Kier molecular flexibility index (Phi) is 3.82. The maximum absolute atomic E-state index is 11.7. The van der Waals surface area contributed by atoms with Crippen LogP contribution >= 0.6 is 11.6 Å². The average molecular weight is 265 g/mol. The lowest BCUT2D eigenvalue weighted by Gasteiger charge is -2.04. The van der Waals surface area contributed by atoms with Crippen LogP contribution in [0.1, 0.15) is 5.56 Å². The van der Waals surface area contributed by atoms with Gasteiger partial charge in [0.15, 0.2) is 0 Å². The molecule has 0 radical (unpaired) electrons. The summed E-state index contributed by atoms with van der Waals surface area (Å²) in [5.41, 5.74) is -0.222. The van der Waals surface area contributed by atoms with Crippen LogP contribution < -0.4 is 0 Å². The van der Waals surface area contributed by atoms with Crippen molar-refractivity contribution in [1.82, 2.24) is 4.98 Å². The standard InChI is InChI=1S/C8H9ClN2O4S/c1-6-2-4-10-8(7(6)11(12)13)16(14,15)5-3-9/h2,4H,3,5H2,1H3. The molecule has 1 aromatic heterocycles. The van der Waals surface area contributed by atoms with Crippen molar-refractivity contribution >= 4 is 27.1 Å². The predicted octanol–water partition coefficient (Wildman–Crippen LogP) is 1.31. The number of nitrogens with zero attached hydrogens (tertiary/aromatic N) is 2. The van der Waals surface area contributed by atoms with Gasteiger partial charge in [-0.15, -0.1) is 11.6 Å². The van der Waals surface area contributed by atoms with Crippen LogP contribution in [0.3, 0.4) is 0 Å². The van der Waals surface area contributed by atoms with E-state index in [2.05, 4.69) is 4.98 Å². The summed E-state index contributed by atoms with van der Waals surface area (Å²) in [6, 6.07) is 1.39. The summed E-state index contributed by atoms with van der Waals surface area (Å²) >= 11 is 5.33. The Morgan fingerprint density at radius 3 is 2.69 bits per heavy atom. The number of sulfone groups is 1. The molecule has 0 saturated heterocycles. The smallest absolute Gasteiger partial charge is 0.258 e. The Morgan fingerprint density at radius 1 is 1.56 bits per heavy atom. The van der Waals surface area contributed by atoms with E-state index in [1.165, 1.54) is 19.2 Å². The van der Waals surface area contributed by atoms with Crippen molar-refractivity contribution in [2.24, 2.45) is 0 Å². The van der Waals surface area contributed by atoms with Crippen LogP contribution in [0.15, 0.2) is 17.3 Å². The molecule has 0 aromatic carbocycles. The van der Waals surface area contributed by atoms with Crippen LogP contribution in [0.2, 0.25) is 0 Å². The molecular formula is C8H9ClN2O4S. The molecule has 1 heterocycles. The third-order valence-corrected chi connectivity index (χ3v) is 3.96. The first-order chi connectivity index (χ1) is 7.40. The van der Waals surface area contributed by atoms with E-state index >= 15 is 0 Å². The van der Waals surface area contributed by atoms with E-state index in [1.54, 1.807) is 0 Å². The number of hydrogen-bond donors (Lipinski definition) is 0. The summed E-state index contributed by atoms with van der Waals surface area (Å²) in [6.45, 7) is 1.46. The normalized spacial score (nSPS) is 11.4. The van der Waals surface area contributed by atoms with E-state index < -0.39 is 25.5 Å². The highest BCUT2D eigenvalue weighted by molar-refractivity contribution is 7.91. The molecule has 0 bridgehead atoms. The fourth-order valence-corrected chi connectivity index (χ4v) is 2.93. The quantitative estimate of drug-likeness (QED) is 0.465. The lowest BCUT2D eigenvalue weighted by atomic mass is 10.3. The van der Waals surface area contributed by atoms with Gasteiger partial charge in [-0.1, -0.05) is 0 Å². The Hall–Kier alpha value is -1.21. The zero-order chi connectivity index (χ0) is 12.3. The van der Waals surface area contributed by atoms with Crippen molar-refractivity contribution in [3.63, 3.8) is 0 Å². The number of alkyl halides is 1. The lowest BCUT2D eigenvalue weighted by molar-refractivity contribution is -0.388. The van der Waals surface area contributed by atoms with Gasteiger partial charge in [-0.3, -0.25) is 10.1 Å². The van der Waals surface area contributed by atoms with Gasteiger partial charge < -0.3 is 0 Å². The molecular weight excluding hydrogens is 256 g/mol. The summed E-state index contributed by atoms with van der Waals surface area (Å²) in [5, 5.41) is 10.2. The van der Waals surface area contributed by atoms with Gasteiger partial charge >= 0.3 is 5.69 Å². The van der Waals surface area contributed by atoms with Crippen LogP contribution in [-0.4, -0.2) is 30.0 Å². The molecule has 0 aliphatic rings. The Morgan fingerprint density at radius 2 is 2.19 bits per heavy atom. The Labute approximate surface area is 97.3 Å². The minimum absolute atomic E-state index is 0.130. The van der Waals surface area contributed by atoms with E-state index in [1.807, 2.05) is 0 Å². The molecule has 16 heavy (non-hydrogen) atoms. The summed E-state index contributed by atoms with van der Waals surface area (Å²) < 4.78 is 23.3.